The van der Waals surface area contributed by atoms with Crippen LogP contribution in [-0.2, 0) is 16.1 Å². The Morgan fingerprint density at radius 2 is 1.90 bits per heavy atom. The van der Waals surface area contributed by atoms with Crippen LogP contribution < -0.4 is 10.3 Å². The zero-order chi connectivity index (χ0) is 20.9. The van der Waals surface area contributed by atoms with Crippen molar-refractivity contribution >= 4 is 23.2 Å². The van der Waals surface area contributed by atoms with E-state index < -0.39 is 0 Å². The van der Waals surface area contributed by atoms with Crippen LogP contribution in [0.2, 0.25) is 0 Å². The maximum Gasteiger partial charge on any atom is 0.263 e. The second-order valence-corrected chi connectivity index (χ2v) is 6.94. The molecule has 1 aliphatic heterocycles. The Kier molecular flexibility index (Phi) is 5.60. The monoisotopic (exact) mass is 403 g/mol. The summed E-state index contributed by atoms with van der Waals surface area (Å²) < 4.78 is 0. The third-order valence-corrected chi connectivity index (χ3v) is 4.79. The van der Waals surface area contributed by atoms with Crippen LogP contribution in [0, 0.1) is 0 Å². The number of rotatable bonds is 6. The molecule has 1 aromatic heterocycles. The van der Waals surface area contributed by atoms with Crippen molar-refractivity contribution in [1.29, 1.82) is 0 Å². The topological polar surface area (TPSA) is 105 Å². The Morgan fingerprint density at radius 3 is 2.60 bits per heavy atom. The predicted molar refractivity (Wildman–Crippen MR) is 112 cm³/mol. The number of amides is 2. The van der Waals surface area contributed by atoms with Gasteiger partial charge >= 0.3 is 0 Å². The summed E-state index contributed by atoms with van der Waals surface area (Å²) in [6.45, 7) is 2.47. The van der Waals surface area contributed by atoms with Crippen LogP contribution in [0.15, 0.2) is 59.7 Å². The van der Waals surface area contributed by atoms with Crippen molar-refractivity contribution in [2.45, 2.75) is 26.3 Å². The SMILES string of the molecule is C/C(=N/NC(=O)Cn1nnc(-c2ccccc2)n1)c1ccc(N2CCCC2=O)cc1. The summed E-state index contributed by atoms with van der Waals surface area (Å²) in [5, 5.41) is 16.2. The molecule has 0 unspecified atom stereocenters. The predicted octanol–water partition coefficient (Wildman–Crippen LogP) is 2.01. The molecule has 1 saturated heterocycles. The average molecular weight is 403 g/mol. The van der Waals surface area contributed by atoms with Crippen molar-refractivity contribution in [3.8, 4) is 11.4 Å². The molecule has 30 heavy (non-hydrogen) atoms. The van der Waals surface area contributed by atoms with Crippen LogP contribution in [-0.4, -0.2) is 44.3 Å². The highest BCUT2D eigenvalue weighted by Gasteiger charge is 2.21. The number of nitrogens with one attached hydrogen (secondary N) is 1. The molecule has 1 aliphatic rings. The highest BCUT2D eigenvalue weighted by molar-refractivity contribution is 6.00. The number of hydrogen-bond donors (Lipinski definition) is 1. The summed E-state index contributed by atoms with van der Waals surface area (Å²) in [4.78, 5) is 27.0. The van der Waals surface area contributed by atoms with Gasteiger partial charge in [0.2, 0.25) is 11.7 Å². The van der Waals surface area contributed by atoms with E-state index in [1.807, 2.05) is 54.6 Å². The molecule has 0 atom stereocenters. The summed E-state index contributed by atoms with van der Waals surface area (Å²) in [7, 11) is 0. The minimum Gasteiger partial charge on any atom is -0.312 e. The molecule has 0 spiro atoms. The van der Waals surface area contributed by atoms with Crippen LogP contribution in [0.25, 0.3) is 11.4 Å². The fourth-order valence-electron chi connectivity index (χ4n) is 3.19. The minimum atomic E-state index is -0.356. The smallest absolute Gasteiger partial charge is 0.263 e. The second kappa shape index (κ2) is 8.64. The molecule has 9 nitrogen and oxygen atoms in total. The van der Waals surface area contributed by atoms with Gasteiger partial charge in [0.1, 0.15) is 6.54 Å². The molecule has 0 radical (unpaired) electrons. The molecule has 2 heterocycles. The van der Waals surface area contributed by atoms with E-state index >= 15 is 0 Å². The van der Waals surface area contributed by atoms with E-state index in [-0.39, 0.29) is 18.4 Å². The number of carbonyl (C=O) groups excluding carboxylic acids is 2. The fourth-order valence-corrected chi connectivity index (χ4v) is 3.19. The lowest BCUT2D eigenvalue weighted by molar-refractivity contribution is -0.122. The first-order chi connectivity index (χ1) is 14.6. The van der Waals surface area contributed by atoms with E-state index in [1.54, 1.807) is 11.8 Å². The average Bonchev–Trinajstić information content (AvgIpc) is 3.42. The Bertz CT molecular complexity index is 1070. The molecule has 0 saturated carbocycles. The first kappa shape index (κ1) is 19.4. The third kappa shape index (κ3) is 4.40. The van der Waals surface area contributed by atoms with E-state index in [2.05, 4.69) is 25.9 Å². The zero-order valence-corrected chi connectivity index (χ0v) is 16.5. The van der Waals surface area contributed by atoms with E-state index in [9.17, 15) is 9.59 Å². The minimum absolute atomic E-state index is 0.0907. The van der Waals surface area contributed by atoms with Gasteiger partial charge in [0.05, 0.1) is 5.71 Å². The standard InChI is InChI=1S/C21H21N7O2/c1-15(16-9-11-18(12-10-16)27-13-5-8-20(27)30)22-23-19(29)14-28-25-21(24-26-28)17-6-3-2-4-7-17/h2-4,6-7,9-12H,5,8,13-14H2,1H3,(H,23,29)/b22-15-. The maximum atomic E-state index is 12.2. The van der Waals surface area contributed by atoms with E-state index in [0.29, 0.717) is 18.0 Å². The number of carbonyl (C=O) groups is 2. The van der Waals surface area contributed by atoms with Crippen molar-refractivity contribution in [3.63, 3.8) is 0 Å². The fraction of sp³-hybridized carbons (Fsp3) is 0.238. The van der Waals surface area contributed by atoms with Crippen molar-refractivity contribution in [3.05, 3.63) is 60.2 Å². The number of benzene rings is 2. The molecule has 9 heteroatoms. The summed E-state index contributed by atoms with van der Waals surface area (Å²) in [5.74, 6) is 0.253. The summed E-state index contributed by atoms with van der Waals surface area (Å²) in [5.41, 5.74) is 5.73. The van der Waals surface area contributed by atoms with Gasteiger partial charge in [-0.3, -0.25) is 9.59 Å². The summed E-state index contributed by atoms with van der Waals surface area (Å²) >= 11 is 0. The number of hydrogen-bond acceptors (Lipinski definition) is 6. The molecule has 1 fully saturated rings. The number of aromatic nitrogens is 4. The Balaban J connectivity index is 1.34. The van der Waals surface area contributed by atoms with Gasteiger partial charge in [0, 0.05) is 24.2 Å². The summed E-state index contributed by atoms with van der Waals surface area (Å²) in [6.07, 6.45) is 1.49. The number of hydrazone groups is 1. The van der Waals surface area contributed by atoms with Gasteiger partial charge in [0.25, 0.3) is 5.91 Å². The van der Waals surface area contributed by atoms with Gasteiger partial charge in [-0.1, -0.05) is 42.5 Å². The van der Waals surface area contributed by atoms with E-state index in [1.165, 1.54) is 4.80 Å². The van der Waals surface area contributed by atoms with Crippen molar-refractivity contribution in [2.24, 2.45) is 5.10 Å². The maximum absolute atomic E-state index is 12.2. The van der Waals surface area contributed by atoms with E-state index in [0.717, 1.165) is 29.8 Å². The van der Waals surface area contributed by atoms with E-state index in [4.69, 9.17) is 0 Å². The van der Waals surface area contributed by atoms with Gasteiger partial charge < -0.3 is 4.90 Å². The Morgan fingerprint density at radius 1 is 1.13 bits per heavy atom. The molecule has 2 amide bonds. The Hall–Kier alpha value is -3.88. The van der Waals surface area contributed by atoms with Crippen LogP contribution in [0.4, 0.5) is 5.69 Å². The first-order valence-corrected chi connectivity index (χ1v) is 9.67. The lowest BCUT2D eigenvalue weighted by atomic mass is 10.1. The molecular weight excluding hydrogens is 382 g/mol. The van der Waals surface area contributed by atoms with Crippen LogP contribution >= 0.6 is 0 Å². The molecule has 4 rings (SSSR count). The van der Waals surface area contributed by atoms with Crippen LogP contribution in [0.5, 0.6) is 0 Å². The lowest BCUT2D eigenvalue weighted by Gasteiger charge is -2.15. The molecule has 152 valence electrons. The quantitative estimate of drug-likeness (QED) is 0.501. The van der Waals surface area contributed by atoms with Gasteiger partial charge in [-0.25, -0.2) is 5.43 Å². The number of anilines is 1. The molecular formula is C21H21N7O2. The molecule has 1 N–H and O–H groups in total. The normalized spacial score (nSPS) is 14.2. The molecule has 2 aromatic carbocycles. The first-order valence-electron chi connectivity index (χ1n) is 9.67. The third-order valence-electron chi connectivity index (χ3n) is 4.79. The molecule has 0 aliphatic carbocycles. The van der Waals surface area contributed by atoms with Gasteiger partial charge in [-0.15, -0.1) is 10.2 Å². The Labute approximate surface area is 173 Å². The lowest BCUT2D eigenvalue weighted by Crippen LogP contribution is -2.25. The molecule has 3 aromatic rings. The second-order valence-electron chi connectivity index (χ2n) is 6.94. The zero-order valence-electron chi connectivity index (χ0n) is 16.5. The van der Waals surface area contributed by atoms with Gasteiger partial charge in [0.15, 0.2) is 0 Å². The largest absolute Gasteiger partial charge is 0.312 e. The van der Waals surface area contributed by atoms with Crippen molar-refractivity contribution in [2.75, 3.05) is 11.4 Å². The van der Waals surface area contributed by atoms with Gasteiger partial charge in [-0.2, -0.15) is 9.90 Å². The van der Waals surface area contributed by atoms with Crippen molar-refractivity contribution < 1.29 is 9.59 Å². The molecule has 0 bridgehead atoms. The number of nitrogens with zero attached hydrogens (tertiary/aromatic N) is 6. The van der Waals surface area contributed by atoms with Crippen LogP contribution in [0.3, 0.4) is 0 Å². The highest BCUT2D eigenvalue weighted by Crippen LogP contribution is 2.21. The van der Waals surface area contributed by atoms with Crippen molar-refractivity contribution in [1.82, 2.24) is 25.6 Å². The highest BCUT2D eigenvalue weighted by atomic mass is 16.2. The summed E-state index contributed by atoms with van der Waals surface area (Å²) in [6, 6.07) is 17.0. The number of tetrazole rings is 1. The van der Waals surface area contributed by atoms with Gasteiger partial charge in [-0.05, 0) is 36.3 Å². The van der Waals surface area contributed by atoms with Crippen LogP contribution in [0.1, 0.15) is 25.3 Å².